The van der Waals surface area contributed by atoms with Crippen LogP contribution in [-0.2, 0) is 16.1 Å². The van der Waals surface area contributed by atoms with E-state index in [0.29, 0.717) is 25.3 Å². The Balaban J connectivity index is 2.52. The van der Waals surface area contributed by atoms with Gasteiger partial charge in [-0.2, -0.15) is 0 Å². The van der Waals surface area contributed by atoms with E-state index in [1.807, 2.05) is 4.90 Å². The van der Waals surface area contributed by atoms with Gasteiger partial charge in [0.2, 0.25) is 5.91 Å². The molecule has 1 heterocycles. The summed E-state index contributed by atoms with van der Waals surface area (Å²) in [5.74, 6) is -0.217. The number of carbonyl (C=O) groups is 2. The van der Waals surface area contributed by atoms with Crippen LogP contribution in [0.2, 0.25) is 0 Å². The summed E-state index contributed by atoms with van der Waals surface area (Å²) < 4.78 is 4.95. The number of ether oxygens (including phenoxy) is 1. The molecule has 0 fully saturated rings. The van der Waals surface area contributed by atoms with Gasteiger partial charge in [-0.1, -0.05) is 39.5 Å². The molecular weight excluding hydrogens is 324 g/mol. The third kappa shape index (κ3) is 7.43. The highest BCUT2D eigenvalue weighted by Gasteiger charge is 2.17. The highest BCUT2D eigenvalue weighted by atomic mass is 32.1. The van der Waals surface area contributed by atoms with Crippen LogP contribution in [0.25, 0.3) is 0 Å². The predicted molar refractivity (Wildman–Crippen MR) is 97.2 cm³/mol. The fourth-order valence-corrected chi connectivity index (χ4v) is 3.22. The molecule has 24 heavy (non-hydrogen) atoms. The number of aromatic nitrogens is 1. The summed E-state index contributed by atoms with van der Waals surface area (Å²) in [5, 5.41) is 2.48. The van der Waals surface area contributed by atoms with Gasteiger partial charge in [0.15, 0.2) is 5.69 Å². The van der Waals surface area contributed by atoms with Crippen molar-refractivity contribution in [2.75, 3.05) is 13.2 Å². The van der Waals surface area contributed by atoms with Gasteiger partial charge < -0.3 is 9.64 Å². The highest BCUT2D eigenvalue weighted by Crippen LogP contribution is 2.15. The van der Waals surface area contributed by atoms with Crippen molar-refractivity contribution < 1.29 is 14.3 Å². The number of thiazole rings is 1. The second kappa shape index (κ2) is 12.0. The summed E-state index contributed by atoms with van der Waals surface area (Å²) >= 11 is 1.40. The number of unbranched alkanes of at least 4 members (excludes halogenated alkanes) is 4. The minimum Gasteiger partial charge on any atom is -0.461 e. The molecule has 0 unspecified atom stereocenters. The van der Waals surface area contributed by atoms with Crippen molar-refractivity contribution in [3.63, 3.8) is 0 Å². The molecule has 1 aromatic rings. The first-order valence-corrected chi connectivity index (χ1v) is 9.89. The second-order valence-corrected chi connectivity index (χ2v) is 6.77. The van der Waals surface area contributed by atoms with Crippen molar-refractivity contribution in [3.05, 3.63) is 16.1 Å². The van der Waals surface area contributed by atoms with Crippen LogP contribution in [0.5, 0.6) is 0 Å². The molecule has 1 amide bonds. The van der Waals surface area contributed by atoms with E-state index in [-0.39, 0.29) is 5.91 Å². The molecule has 0 saturated carbocycles. The lowest BCUT2D eigenvalue weighted by Crippen LogP contribution is -2.31. The van der Waals surface area contributed by atoms with E-state index in [0.717, 1.165) is 30.8 Å². The minimum atomic E-state index is -0.399. The van der Waals surface area contributed by atoms with E-state index in [1.54, 1.807) is 12.3 Å². The molecule has 0 atom stereocenters. The first-order valence-electron chi connectivity index (χ1n) is 9.01. The van der Waals surface area contributed by atoms with E-state index in [9.17, 15) is 9.59 Å². The molecule has 0 spiro atoms. The van der Waals surface area contributed by atoms with Gasteiger partial charge in [0.25, 0.3) is 0 Å². The molecule has 6 heteroatoms. The van der Waals surface area contributed by atoms with Crippen LogP contribution in [-0.4, -0.2) is 34.9 Å². The van der Waals surface area contributed by atoms with Crippen LogP contribution in [0.4, 0.5) is 0 Å². The molecule has 0 aliphatic rings. The molecule has 0 aliphatic heterocycles. The van der Waals surface area contributed by atoms with E-state index in [4.69, 9.17) is 4.74 Å². The van der Waals surface area contributed by atoms with Crippen molar-refractivity contribution in [2.24, 2.45) is 0 Å². The monoisotopic (exact) mass is 354 g/mol. The maximum Gasteiger partial charge on any atom is 0.357 e. The van der Waals surface area contributed by atoms with Crippen LogP contribution in [0.3, 0.4) is 0 Å². The first kappa shape index (κ1) is 20.6. The molecule has 5 nitrogen and oxygen atoms in total. The average Bonchev–Trinajstić information content (AvgIpc) is 3.03. The Kier molecular flexibility index (Phi) is 10.3. The number of rotatable bonds is 12. The molecule has 136 valence electrons. The van der Waals surface area contributed by atoms with Crippen molar-refractivity contribution in [3.8, 4) is 0 Å². The number of carbonyl (C=O) groups excluding carboxylic acids is 2. The van der Waals surface area contributed by atoms with E-state index < -0.39 is 5.97 Å². The summed E-state index contributed by atoms with van der Waals surface area (Å²) in [4.78, 5) is 30.3. The maximum atomic E-state index is 12.4. The maximum absolute atomic E-state index is 12.4. The number of hydrogen-bond donors (Lipinski definition) is 0. The van der Waals surface area contributed by atoms with E-state index in [1.165, 1.54) is 30.6 Å². The van der Waals surface area contributed by atoms with Crippen LogP contribution in [0.1, 0.15) is 81.2 Å². The highest BCUT2D eigenvalue weighted by molar-refractivity contribution is 7.09. The third-order valence-electron chi connectivity index (χ3n) is 3.70. The van der Waals surface area contributed by atoms with Gasteiger partial charge in [-0.15, -0.1) is 11.3 Å². The van der Waals surface area contributed by atoms with Crippen LogP contribution in [0.15, 0.2) is 5.38 Å². The van der Waals surface area contributed by atoms with Crippen LogP contribution < -0.4 is 0 Å². The van der Waals surface area contributed by atoms with Crippen molar-refractivity contribution in [1.29, 1.82) is 0 Å². The van der Waals surface area contributed by atoms with Gasteiger partial charge in [0, 0.05) is 18.3 Å². The molecule has 1 rings (SSSR count). The third-order valence-corrected chi connectivity index (χ3v) is 4.54. The van der Waals surface area contributed by atoms with Crippen molar-refractivity contribution in [1.82, 2.24) is 9.88 Å². The lowest BCUT2D eigenvalue weighted by atomic mass is 10.1. The fourth-order valence-electron chi connectivity index (χ4n) is 2.45. The predicted octanol–water partition coefficient (Wildman–Crippen LogP) is 4.42. The lowest BCUT2D eigenvalue weighted by Gasteiger charge is -2.21. The normalized spacial score (nSPS) is 10.6. The zero-order valence-corrected chi connectivity index (χ0v) is 16.0. The summed E-state index contributed by atoms with van der Waals surface area (Å²) in [7, 11) is 0. The SMILES string of the molecule is CCCCCCCC(=O)N(CCC)Cc1nc(C(=O)OCC)cs1. The second-order valence-electron chi connectivity index (χ2n) is 5.83. The van der Waals surface area contributed by atoms with Gasteiger partial charge in [-0.3, -0.25) is 4.79 Å². The van der Waals surface area contributed by atoms with Crippen molar-refractivity contribution >= 4 is 23.2 Å². The van der Waals surface area contributed by atoms with E-state index in [2.05, 4.69) is 18.8 Å². The van der Waals surface area contributed by atoms with Gasteiger partial charge in [0.05, 0.1) is 13.2 Å². The topological polar surface area (TPSA) is 59.5 Å². The van der Waals surface area contributed by atoms with Crippen LogP contribution >= 0.6 is 11.3 Å². The Bertz CT molecular complexity index is 502. The molecular formula is C18H30N2O3S. The Morgan fingerprint density at radius 1 is 1.12 bits per heavy atom. The Labute approximate surface area is 149 Å². The Hall–Kier alpha value is -1.43. The number of hydrogen-bond acceptors (Lipinski definition) is 5. The molecule has 0 aromatic carbocycles. The molecule has 0 saturated heterocycles. The summed E-state index contributed by atoms with van der Waals surface area (Å²) in [6, 6.07) is 0. The van der Waals surface area contributed by atoms with Gasteiger partial charge in [-0.05, 0) is 19.8 Å². The fraction of sp³-hybridized carbons (Fsp3) is 0.722. The minimum absolute atomic E-state index is 0.182. The summed E-state index contributed by atoms with van der Waals surface area (Å²) in [6.45, 7) is 7.56. The number of nitrogens with zero attached hydrogens (tertiary/aromatic N) is 2. The largest absolute Gasteiger partial charge is 0.461 e. The average molecular weight is 355 g/mol. The van der Waals surface area contributed by atoms with Gasteiger partial charge in [-0.25, -0.2) is 9.78 Å². The van der Waals surface area contributed by atoms with Crippen LogP contribution in [0, 0.1) is 0 Å². The standard InChI is InChI=1S/C18H30N2O3S/c1-4-7-8-9-10-11-17(21)20(12-5-2)13-16-19-15(14-24-16)18(22)23-6-3/h14H,4-13H2,1-3H3. The molecule has 0 radical (unpaired) electrons. The molecule has 0 aliphatic carbocycles. The Morgan fingerprint density at radius 3 is 2.54 bits per heavy atom. The molecule has 0 N–H and O–H groups in total. The number of amides is 1. The first-order chi connectivity index (χ1) is 11.6. The summed E-state index contributed by atoms with van der Waals surface area (Å²) in [6.07, 6.45) is 7.23. The smallest absolute Gasteiger partial charge is 0.357 e. The van der Waals surface area contributed by atoms with Gasteiger partial charge >= 0.3 is 5.97 Å². The molecule has 1 aromatic heterocycles. The quantitative estimate of drug-likeness (QED) is 0.412. The zero-order valence-electron chi connectivity index (χ0n) is 15.2. The molecule has 0 bridgehead atoms. The summed E-state index contributed by atoms with van der Waals surface area (Å²) in [5.41, 5.74) is 0.334. The number of esters is 1. The van der Waals surface area contributed by atoms with Gasteiger partial charge in [0.1, 0.15) is 5.01 Å². The van der Waals surface area contributed by atoms with Crippen molar-refractivity contribution in [2.45, 2.75) is 72.3 Å². The zero-order chi connectivity index (χ0) is 17.8. The van der Waals surface area contributed by atoms with E-state index >= 15 is 0 Å². The lowest BCUT2D eigenvalue weighted by molar-refractivity contribution is -0.132. The Morgan fingerprint density at radius 2 is 1.88 bits per heavy atom.